The number of ether oxygens (including phenoxy) is 1. The molecule has 2 nitrogen and oxygen atoms in total. The quantitative estimate of drug-likeness (QED) is 0.894. The maximum Gasteiger partial charge on any atom is 0.119 e. The SMILES string of the molecule is COc1cccc(CC(CN)c2cccc(Cl)c2Cl)c1. The molecule has 20 heavy (non-hydrogen) atoms. The second kappa shape index (κ2) is 6.98. The van der Waals surface area contributed by atoms with Crippen molar-refractivity contribution in [2.24, 2.45) is 5.73 Å². The first-order valence-corrected chi connectivity index (χ1v) is 7.18. The molecule has 0 aliphatic heterocycles. The van der Waals surface area contributed by atoms with Crippen LogP contribution in [0.5, 0.6) is 5.75 Å². The normalized spacial score (nSPS) is 12.2. The highest BCUT2D eigenvalue weighted by Gasteiger charge is 2.16. The summed E-state index contributed by atoms with van der Waals surface area (Å²) in [5.41, 5.74) is 8.06. The number of hydrogen-bond donors (Lipinski definition) is 1. The van der Waals surface area contributed by atoms with Crippen molar-refractivity contribution < 1.29 is 4.74 Å². The fourth-order valence-corrected chi connectivity index (χ4v) is 2.70. The predicted octanol–water partition coefficient (Wildman–Crippen LogP) is 4.29. The minimum Gasteiger partial charge on any atom is -0.497 e. The van der Waals surface area contributed by atoms with Crippen LogP contribution in [0.2, 0.25) is 10.0 Å². The standard InChI is InChI=1S/C16H17Cl2NO/c1-20-13-5-2-4-11(9-13)8-12(10-19)14-6-3-7-15(17)16(14)18/h2-7,9,12H,8,10,19H2,1H3. The van der Waals surface area contributed by atoms with Crippen molar-refractivity contribution in [1.82, 2.24) is 0 Å². The number of nitrogens with two attached hydrogens (primary N) is 1. The molecule has 0 bridgehead atoms. The van der Waals surface area contributed by atoms with E-state index in [2.05, 4.69) is 6.07 Å². The van der Waals surface area contributed by atoms with Gasteiger partial charge in [-0.15, -0.1) is 0 Å². The van der Waals surface area contributed by atoms with E-state index in [1.54, 1.807) is 13.2 Å². The summed E-state index contributed by atoms with van der Waals surface area (Å²) in [6.07, 6.45) is 0.799. The number of benzene rings is 2. The Morgan fingerprint density at radius 3 is 2.60 bits per heavy atom. The summed E-state index contributed by atoms with van der Waals surface area (Å²) in [6.45, 7) is 0.511. The van der Waals surface area contributed by atoms with Crippen molar-refractivity contribution in [3.8, 4) is 5.75 Å². The number of rotatable bonds is 5. The van der Waals surface area contributed by atoms with Gasteiger partial charge in [-0.1, -0.05) is 47.5 Å². The van der Waals surface area contributed by atoms with Gasteiger partial charge in [0.05, 0.1) is 17.2 Å². The van der Waals surface area contributed by atoms with Crippen LogP contribution < -0.4 is 10.5 Å². The first-order chi connectivity index (χ1) is 9.65. The third kappa shape index (κ3) is 3.45. The van der Waals surface area contributed by atoms with E-state index in [-0.39, 0.29) is 5.92 Å². The van der Waals surface area contributed by atoms with E-state index < -0.39 is 0 Å². The average Bonchev–Trinajstić information content (AvgIpc) is 2.48. The van der Waals surface area contributed by atoms with Crippen LogP contribution in [0.3, 0.4) is 0 Å². The molecule has 0 radical (unpaired) electrons. The van der Waals surface area contributed by atoms with Crippen LogP contribution in [-0.2, 0) is 6.42 Å². The van der Waals surface area contributed by atoms with Gasteiger partial charge in [0.15, 0.2) is 0 Å². The Balaban J connectivity index is 2.26. The number of hydrogen-bond acceptors (Lipinski definition) is 2. The zero-order valence-corrected chi connectivity index (χ0v) is 12.8. The second-order valence-corrected chi connectivity index (χ2v) is 5.42. The Morgan fingerprint density at radius 2 is 1.90 bits per heavy atom. The number of halogens is 2. The van der Waals surface area contributed by atoms with Crippen LogP contribution in [0.15, 0.2) is 42.5 Å². The Labute approximate surface area is 129 Å². The molecule has 0 amide bonds. The van der Waals surface area contributed by atoms with E-state index in [1.807, 2.05) is 30.3 Å². The molecule has 0 aliphatic rings. The van der Waals surface area contributed by atoms with Gasteiger partial charge >= 0.3 is 0 Å². The van der Waals surface area contributed by atoms with Crippen LogP contribution in [0.4, 0.5) is 0 Å². The van der Waals surface area contributed by atoms with E-state index in [4.69, 9.17) is 33.7 Å². The Morgan fingerprint density at radius 1 is 1.15 bits per heavy atom. The summed E-state index contributed by atoms with van der Waals surface area (Å²) < 4.78 is 5.24. The minimum atomic E-state index is 0.133. The van der Waals surface area contributed by atoms with Crippen LogP contribution >= 0.6 is 23.2 Å². The summed E-state index contributed by atoms with van der Waals surface area (Å²) >= 11 is 12.4. The molecule has 0 aliphatic carbocycles. The molecule has 106 valence electrons. The van der Waals surface area contributed by atoms with E-state index >= 15 is 0 Å². The molecule has 0 saturated heterocycles. The van der Waals surface area contributed by atoms with Gasteiger partial charge in [-0.2, -0.15) is 0 Å². The largest absolute Gasteiger partial charge is 0.497 e. The maximum atomic E-state index is 6.28. The smallest absolute Gasteiger partial charge is 0.119 e. The summed E-state index contributed by atoms with van der Waals surface area (Å²) in [7, 11) is 1.66. The fraction of sp³-hybridized carbons (Fsp3) is 0.250. The molecule has 2 aromatic rings. The third-order valence-corrected chi connectivity index (χ3v) is 4.16. The summed E-state index contributed by atoms with van der Waals surface area (Å²) in [5.74, 6) is 0.976. The topological polar surface area (TPSA) is 35.2 Å². The van der Waals surface area contributed by atoms with Gasteiger partial charge in [-0.3, -0.25) is 0 Å². The molecule has 0 saturated carbocycles. The Bertz CT molecular complexity index is 586. The molecule has 0 fully saturated rings. The zero-order valence-electron chi connectivity index (χ0n) is 11.3. The van der Waals surface area contributed by atoms with Gasteiger partial charge in [-0.25, -0.2) is 0 Å². The lowest BCUT2D eigenvalue weighted by molar-refractivity contribution is 0.414. The van der Waals surface area contributed by atoms with Crippen LogP contribution in [0.1, 0.15) is 17.0 Å². The first kappa shape index (κ1) is 15.2. The molecule has 2 aromatic carbocycles. The number of methoxy groups -OCH3 is 1. The third-order valence-electron chi connectivity index (χ3n) is 3.32. The van der Waals surface area contributed by atoms with Crippen molar-refractivity contribution in [3.63, 3.8) is 0 Å². The van der Waals surface area contributed by atoms with Gasteiger partial charge in [0.2, 0.25) is 0 Å². The van der Waals surface area contributed by atoms with Crippen molar-refractivity contribution in [3.05, 3.63) is 63.6 Å². The zero-order chi connectivity index (χ0) is 14.5. The van der Waals surface area contributed by atoms with Crippen LogP contribution in [-0.4, -0.2) is 13.7 Å². The minimum absolute atomic E-state index is 0.133. The van der Waals surface area contributed by atoms with Crippen molar-refractivity contribution in [1.29, 1.82) is 0 Å². The second-order valence-electron chi connectivity index (χ2n) is 4.63. The van der Waals surface area contributed by atoms with E-state index in [1.165, 1.54) is 0 Å². The van der Waals surface area contributed by atoms with Gasteiger partial charge in [0.25, 0.3) is 0 Å². The maximum absolute atomic E-state index is 6.28. The molecule has 2 N–H and O–H groups in total. The molecule has 1 unspecified atom stereocenters. The van der Waals surface area contributed by atoms with E-state index in [0.717, 1.165) is 23.3 Å². The highest BCUT2D eigenvalue weighted by Crippen LogP contribution is 2.32. The molecular formula is C16H17Cl2NO. The molecule has 0 spiro atoms. The van der Waals surface area contributed by atoms with Crippen LogP contribution in [0, 0.1) is 0 Å². The first-order valence-electron chi connectivity index (χ1n) is 6.42. The molecule has 2 rings (SSSR count). The average molecular weight is 310 g/mol. The highest BCUT2D eigenvalue weighted by molar-refractivity contribution is 6.42. The van der Waals surface area contributed by atoms with Gasteiger partial charge in [0, 0.05) is 5.92 Å². The predicted molar refractivity (Wildman–Crippen MR) is 85.0 cm³/mol. The Hall–Kier alpha value is -1.22. The van der Waals surface area contributed by atoms with Gasteiger partial charge in [0.1, 0.15) is 5.75 Å². The van der Waals surface area contributed by atoms with Gasteiger partial charge < -0.3 is 10.5 Å². The van der Waals surface area contributed by atoms with Crippen molar-refractivity contribution in [2.75, 3.05) is 13.7 Å². The molecule has 4 heteroatoms. The van der Waals surface area contributed by atoms with Crippen molar-refractivity contribution >= 4 is 23.2 Å². The molecule has 0 aromatic heterocycles. The lowest BCUT2D eigenvalue weighted by Crippen LogP contribution is -2.15. The fourth-order valence-electron chi connectivity index (χ4n) is 2.24. The lowest BCUT2D eigenvalue weighted by Gasteiger charge is -2.18. The molecule has 1 atom stereocenters. The summed E-state index contributed by atoms with van der Waals surface area (Å²) in [6, 6.07) is 13.6. The van der Waals surface area contributed by atoms with Crippen molar-refractivity contribution in [2.45, 2.75) is 12.3 Å². The summed E-state index contributed by atoms with van der Waals surface area (Å²) in [5, 5.41) is 1.15. The van der Waals surface area contributed by atoms with E-state index in [9.17, 15) is 0 Å². The Kier molecular flexibility index (Phi) is 5.30. The van der Waals surface area contributed by atoms with Gasteiger partial charge in [-0.05, 0) is 42.3 Å². The molecular weight excluding hydrogens is 293 g/mol. The molecule has 0 heterocycles. The highest BCUT2D eigenvalue weighted by atomic mass is 35.5. The summed E-state index contributed by atoms with van der Waals surface area (Å²) in [4.78, 5) is 0. The monoisotopic (exact) mass is 309 g/mol. The van der Waals surface area contributed by atoms with Crippen LogP contribution in [0.25, 0.3) is 0 Å². The van der Waals surface area contributed by atoms with E-state index in [0.29, 0.717) is 16.6 Å². The lowest BCUT2D eigenvalue weighted by atomic mass is 9.92.